The SMILES string of the molecule is C[C@H]1CC[C@H]2[C@@H](O[Si](C)(C)C(C)(C)C)CC[C@@H]1N2C(=O)OCc1ccccc1. The lowest BCUT2D eigenvalue weighted by Gasteiger charge is -2.53. The smallest absolute Gasteiger partial charge is 0.410 e. The molecule has 2 aliphatic rings. The highest BCUT2D eigenvalue weighted by atomic mass is 28.4. The predicted molar refractivity (Wildman–Crippen MR) is 116 cm³/mol. The van der Waals surface area contributed by atoms with E-state index in [4.69, 9.17) is 9.16 Å². The lowest BCUT2D eigenvalue weighted by molar-refractivity contribution is -0.0563. The minimum Gasteiger partial charge on any atom is -0.445 e. The summed E-state index contributed by atoms with van der Waals surface area (Å²) < 4.78 is 12.5. The fraction of sp³-hybridized carbons (Fsp3) is 0.696. The van der Waals surface area contributed by atoms with Gasteiger partial charge in [-0.15, -0.1) is 0 Å². The highest BCUT2D eigenvalue weighted by molar-refractivity contribution is 6.74. The number of ether oxygens (including phenoxy) is 1. The molecule has 1 aromatic rings. The van der Waals surface area contributed by atoms with Gasteiger partial charge in [0, 0.05) is 6.04 Å². The van der Waals surface area contributed by atoms with Gasteiger partial charge < -0.3 is 9.16 Å². The standard InChI is InChI=1S/C23H37NO3Si/c1-17-12-13-20-21(27-28(5,6)23(2,3)4)15-14-19(17)24(20)22(25)26-16-18-10-8-7-9-11-18/h7-11,17,19-21H,12-16H2,1-6H3/t17-,19-,20-,21-/m0/s1. The van der Waals surface area contributed by atoms with Crippen LogP contribution in [0.1, 0.15) is 58.9 Å². The van der Waals surface area contributed by atoms with E-state index >= 15 is 0 Å². The van der Waals surface area contributed by atoms with Gasteiger partial charge in [0.25, 0.3) is 0 Å². The molecule has 3 rings (SSSR count). The van der Waals surface area contributed by atoms with Crippen molar-refractivity contribution in [2.45, 2.75) is 96.3 Å². The maximum atomic E-state index is 13.1. The van der Waals surface area contributed by atoms with Crippen LogP contribution in [0, 0.1) is 5.92 Å². The monoisotopic (exact) mass is 403 g/mol. The Morgan fingerprint density at radius 1 is 1.07 bits per heavy atom. The molecule has 1 amide bonds. The molecule has 4 atom stereocenters. The van der Waals surface area contributed by atoms with Crippen molar-refractivity contribution in [1.82, 2.24) is 4.90 Å². The number of nitrogens with zero attached hydrogens (tertiary/aromatic N) is 1. The Kier molecular flexibility index (Phi) is 6.25. The van der Waals surface area contributed by atoms with Gasteiger partial charge >= 0.3 is 6.09 Å². The molecule has 2 aliphatic heterocycles. The van der Waals surface area contributed by atoms with E-state index in [1.807, 2.05) is 35.2 Å². The second kappa shape index (κ2) is 8.19. The third kappa shape index (κ3) is 4.46. The summed E-state index contributed by atoms with van der Waals surface area (Å²) in [5.41, 5.74) is 1.03. The molecular formula is C23H37NO3Si. The summed E-state index contributed by atoms with van der Waals surface area (Å²) in [4.78, 5) is 15.1. The van der Waals surface area contributed by atoms with Gasteiger partial charge in [0.2, 0.25) is 0 Å². The van der Waals surface area contributed by atoms with Crippen LogP contribution in [0.25, 0.3) is 0 Å². The van der Waals surface area contributed by atoms with E-state index < -0.39 is 8.32 Å². The van der Waals surface area contributed by atoms with Crippen LogP contribution < -0.4 is 0 Å². The maximum Gasteiger partial charge on any atom is 0.410 e. The normalized spacial score (nSPS) is 28.1. The van der Waals surface area contributed by atoms with Crippen LogP contribution in [0.15, 0.2) is 30.3 Å². The molecule has 28 heavy (non-hydrogen) atoms. The molecule has 2 fully saturated rings. The first kappa shape index (κ1) is 21.4. The van der Waals surface area contributed by atoms with Crippen molar-refractivity contribution in [3.05, 3.63) is 35.9 Å². The van der Waals surface area contributed by atoms with Gasteiger partial charge in [0.15, 0.2) is 8.32 Å². The molecule has 0 aromatic heterocycles. The Labute approximate surface area is 171 Å². The quantitative estimate of drug-likeness (QED) is 0.581. The largest absolute Gasteiger partial charge is 0.445 e. The fourth-order valence-electron chi connectivity index (χ4n) is 4.36. The first-order valence-electron chi connectivity index (χ1n) is 10.8. The van der Waals surface area contributed by atoms with E-state index in [0.717, 1.165) is 31.2 Å². The Bertz CT molecular complexity index is 670. The summed E-state index contributed by atoms with van der Waals surface area (Å²) in [6.45, 7) is 14.1. The van der Waals surface area contributed by atoms with Gasteiger partial charge in [-0.3, -0.25) is 4.90 Å². The molecule has 0 spiro atoms. The van der Waals surface area contributed by atoms with Crippen LogP contribution >= 0.6 is 0 Å². The zero-order valence-corrected chi connectivity index (χ0v) is 19.4. The van der Waals surface area contributed by atoms with Crippen molar-refractivity contribution in [3.8, 4) is 0 Å². The summed E-state index contributed by atoms with van der Waals surface area (Å²) in [5, 5.41) is 0.171. The van der Waals surface area contributed by atoms with Gasteiger partial charge in [0.1, 0.15) is 6.61 Å². The van der Waals surface area contributed by atoms with Crippen LogP contribution in [0.2, 0.25) is 18.1 Å². The van der Waals surface area contributed by atoms with Gasteiger partial charge in [-0.05, 0) is 55.3 Å². The Balaban J connectivity index is 1.73. The molecule has 5 heteroatoms. The van der Waals surface area contributed by atoms with Crippen molar-refractivity contribution < 1.29 is 14.0 Å². The molecule has 0 aliphatic carbocycles. The van der Waals surface area contributed by atoms with Gasteiger partial charge in [-0.2, -0.15) is 0 Å². The lowest BCUT2D eigenvalue weighted by Crippen LogP contribution is -2.63. The number of amides is 1. The van der Waals surface area contributed by atoms with Crippen LogP contribution in [0.3, 0.4) is 0 Å². The summed E-state index contributed by atoms with van der Waals surface area (Å²) in [6.07, 6.45) is 4.20. The number of hydrogen-bond acceptors (Lipinski definition) is 3. The topological polar surface area (TPSA) is 38.8 Å². The highest BCUT2D eigenvalue weighted by Crippen LogP contribution is 2.43. The molecule has 4 nitrogen and oxygen atoms in total. The maximum absolute atomic E-state index is 13.1. The second-order valence-electron chi connectivity index (χ2n) is 10.1. The van der Waals surface area contributed by atoms with Gasteiger partial charge in [-0.1, -0.05) is 58.0 Å². The molecule has 0 saturated carbocycles. The Morgan fingerprint density at radius 2 is 1.71 bits per heavy atom. The minimum absolute atomic E-state index is 0.133. The van der Waals surface area contributed by atoms with E-state index in [-0.39, 0.29) is 29.3 Å². The average molecular weight is 404 g/mol. The van der Waals surface area contributed by atoms with Gasteiger partial charge in [0.05, 0.1) is 12.1 Å². The molecule has 156 valence electrons. The lowest BCUT2D eigenvalue weighted by atomic mass is 9.77. The number of carbonyl (C=O) groups excluding carboxylic acids is 1. The van der Waals surface area contributed by atoms with Crippen LogP contribution in [0.4, 0.5) is 4.79 Å². The van der Waals surface area contributed by atoms with Crippen LogP contribution in [0.5, 0.6) is 0 Å². The number of fused-ring (bicyclic) bond motifs is 2. The fourth-order valence-corrected chi connectivity index (χ4v) is 5.74. The minimum atomic E-state index is -1.88. The summed E-state index contributed by atoms with van der Waals surface area (Å²) in [6, 6.07) is 10.3. The van der Waals surface area contributed by atoms with E-state index in [1.165, 1.54) is 0 Å². The number of hydrogen-bond donors (Lipinski definition) is 0. The van der Waals surface area contributed by atoms with E-state index in [1.54, 1.807) is 0 Å². The zero-order valence-electron chi connectivity index (χ0n) is 18.4. The molecule has 2 saturated heterocycles. The number of carbonyl (C=O) groups is 1. The average Bonchev–Trinajstić information content (AvgIpc) is 2.63. The summed E-state index contributed by atoms with van der Waals surface area (Å²) in [7, 11) is -1.88. The third-order valence-electron chi connectivity index (χ3n) is 7.13. The molecule has 2 heterocycles. The van der Waals surface area contributed by atoms with Crippen molar-refractivity contribution >= 4 is 14.4 Å². The van der Waals surface area contributed by atoms with Crippen molar-refractivity contribution in [2.24, 2.45) is 5.92 Å². The molecule has 0 radical (unpaired) electrons. The van der Waals surface area contributed by atoms with Crippen molar-refractivity contribution in [3.63, 3.8) is 0 Å². The first-order chi connectivity index (χ1) is 13.1. The molecular weight excluding hydrogens is 366 g/mol. The van der Waals surface area contributed by atoms with Crippen LogP contribution in [-0.2, 0) is 15.8 Å². The Morgan fingerprint density at radius 3 is 2.36 bits per heavy atom. The summed E-state index contributed by atoms with van der Waals surface area (Å²) in [5.74, 6) is 0.523. The summed E-state index contributed by atoms with van der Waals surface area (Å²) >= 11 is 0. The van der Waals surface area contributed by atoms with E-state index in [2.05, 4.69) is 40.8 Å². The van der Waals surface area contributed by atoms with Crippen molar-refractivity contribution in [1.29, 1.82) is 0 Å². The van der Waals surface area contributed by atoms with Gasteiger partial charge in [-0.25, -0.2) is 4.79 Å². The number of piperidine rings is 2. The highest BCUT2D eigenvalue weighted by Gasteiger charge is 2.49. The number of benzene rings is 1. The van der Waals surface area contributed by atoms with E-state index in [9.17, 15) is 4.79 Å². The van der Waals surface area contributed by atoms with Crippen LogP contribution in [-0.4, -0.2) is 37.5 Å². The second-order valence-corrected chi connectivity index (χ2v) is 14.9. The molecule has 1 aromatic carbocycles. The zero-order chi connectivity index (χ0) is 20.5. The molecule has 0 N–H and O–H groups in total. The third-order valence-corrected chi connectivity index (χ3v) is 11.6. The number of rotatable bonds is 4. The molecule has 2 bridgehead atoms. The van der Waals surface area contributed by atoms with E-state index in [0.29, 0.717) is 12.5 Å². The predicted octanol–water partition coefficient (Wildman–Crippen LogP) is 5.98. The first-order valence-corrected chi connectivity index (χ1v) is 13.7. The Hall–Kier alpha value is -1.33. The molecule has 0 unspecified atom stereocenters. The van der Waals surface area contributed by atoms with Crippen molar-refractivity contribution in [2.75, 3.05) is 0 Å².